The molecule has 6 heteroatoms. The SMILES string of the molecule is CC1CCN(CCCNC(=O)c2ccccc2OC(F)F)CC1. The number of halogens is 2. The van der Waals surface area contributed by atoms with Gasteiger partial charge in [-0.2, -0.15) is 8.78 Å². The fraction of sp³-hybridized carbons (Fsp3) is 0.588. The van der Waals surface area contributed by atoms with E-state index in [0.717, 1.165) is 32.0 Å². The summed E-state index contributed by atoms with van der Waals surface area (Å²) in [5.41, 5.74) is 0.139. The van der Waals surface area contributed by atoms with Crippen LogP contribution in [-0.4, -0.2) is 43.6 Å². The summed E-state index contributed by atoms with van der Waals surface area (Å²) >= 11 is 0. The summed E-state index contributed by atoms with van der Waals surface area (Å²) < 4.78 is 29.1. The Hall–Kier alpha value is -1.69. The largest absolute Gasteiger partial charge is 0.434 e. The van der Waals surface area contributed by atoms with Gasteiger partial charge in [-0.25, -0.2) is 0 Å². The predicted molar refractivity (Wildman–Crippen MR) is 84.9 cm³/mol. The molecule has 0 bridgehead atoms. The minimum absolute atomic E-state index is 0.0926. The number of rotatable bonds is 7. The molecule has 0 aliphatic carbocycles. The van der Waals surface area contributed by atoms with E-state index in [0.29, 0.717) is 6.54 Å². The molecule has 1 fully saturated rings. The van der Waals surface area contributed by atoms with E-state index in [1.54, 1.807) is 12.1 Å². The van der Waals surface area contributed by atoms with E-state index >= 15 is 0 Å². The van der Waals surface area contributed by atoms with Crippen LogP contribution in [0.2, 0.25) is 0 Å². The molecule has 2 rings (SSSR count). The Balaban J connectivity index is 1.74. The van der Waals surface area contributed by atoms with Crippen LogP contribution >= 0.6 is 0 Å². The summed E-state index contributed by atoms with van der Waals surface area (Å²) in [5.74, 6) is 0.329. The van der Waals surface area contributed by atoms with Crippen LogP contribution < -0.4 is 10.1 Å². The average molecular weight is 326 g/mol. The van der Waals surface area contributed by atoms with E-state index < -0.39 is 6.61 Å². The zero-order valence-corrected chi connectivity index (χ0v) is 13.4. The first-order valence-electron chi connectivity index (χ1n) is 8.10. The number of ether oxygens (including phenoxy) is 1. The quantitative estimate of drug-likeness (QED) is 0.783. The maximum atomic E-state index is 12.3. The monoisotopic (exact) mass is 326 g/mol. The molecule has 1 heterocycles. The zero-order chi connectivity index (χ0) is 16.7. The summed E-state index contributed by atoms with van der Waals surface area (Å²) in [6.07, 6.45) is 3.30. The summed E-state index contributed by atoms with van der Waals surface area (Å²) in [7, 11) is 0. The first-order valence-corrected chi connectivity index (χ1v) is 8.10. The molecule has 23 heavy (non-hydrogen) atoms. The number of piperidine rings is 1. The fourth-order valence-corrected chi connectivity index (χ4v) is 2.74. The maximum Gasteiger partial charge on any atom is 0.387 e. The molecular weight excluding hydrogens is 302 g/mol. The molecule has 0 radical (unpaired) electrons. The van der Waals surface area contributed by atoms with Crippen molar-refractivity contribution in [3.8, 4) is 5.75 Å². The number of carbonyl (C=O) groups is 1. The van der Waals surface area contributed by atoms with Crippen molar-refractivity contribution >= 4 is 5.91 Å². The standard InChI is InChI=1S/C17H24F2N2O2/c1-13-7-11-21(12-8-13)10-4-9-20-16(22)14-5-2-3-6-15(14)23-17(18)19/h2-3,5-6,13,17H,4,7-12H2,1H3,(H,20,22). The van der Waals surface area contributed by atoms with Crippen LogP contribution in [0.4, 0.5) is 8.78 Å². The smallest absolute Gasteiger partial charge is 0.387 e. The lowest BCUT2D eigenvalue weighted by atomic mass is 9.99. The van der Waals surface area contributed by atoms with Gasteiger partial charge >= 0.3 is 6.61 Å². The molecule has 0 saturated carbocycles. The highest BCUT2D eigenvalue weighted by molar-refractivity contribution is 5.96. The Morgan fingerprint density at radius 1 is 1.35 bits per heavy atom. The lowest BCUT2D eigenvalue weighted by molar-refractivity contribution is -0.0501. The number of nitrogens with one attached hydrogen (secondary N) is 1. The normalized spacial score (nSPS) is 16.5. The van der Waals surface area contributed by atoms with Gasteiger partial charge < -0.3 is 15.0 Å². The van der Waals surface area contributed by atoms with Crippen LogP contribution in [0.15, 0.2) is 24.3 Å². The van der Waals surface area contributed by atoms with Crippen molar-refractivity contribution in [3.63, 3.8) is 0 Å². The van der Waals surface area contributed by atoms with Gasteiger partial charge in [-0.05, 0) is 56.9 Å². The van der Waals surface area contributed by atoms with Gasteiger partial charge in [0.15, 0.2) is 0 Å². The summed E-state index contributed by atoms with van der Waals surface area (Å²) in [6, 6.07) is 6.04. The van der Waals surface area contributed by atoms with Crippen molar-refractivity contribution in [2.45, 2.75) is 32.8 Å². The molecule has 128 valence electrons. The van der Waals surface area contributed by atoms with E-state index in [4.69, 9.17) is 0 Å². The lowest BCUT2D eigenvalue weighted by Crippen LogP contribution is -2.35. The molecule has 0 spiro atoms. The number of hydrogen-bond acceptors (Lipinski definition) is 3. The minimum Gasteiger partial charge on any atom is -0.434 e. The topological polar surface area (TPSA) is 41.6 Å². The van der Waals surface area contributed by atoms with Crippen molar-refractivity contribution in [1.82, 2.24) is 10.2 Å². The molecule has 4 nitrogen and oxygen atoms in total. The second kappa shape index (κ2) is 8.82. The van der Waals surface area contributed by atoms with Crippen molar-refractivity contribution in [1.29, 1.82) is 0 Å². The average Bonchev–Trinajstić information content (AvgIpc) is 2.53. The Labute approximate surface area is 135 Å². The van der Waals surface area contributed by atoms with Crippen LogP contribution in [0.5, 0.6) is 5.75 Å². The summed E-state index contributed by atoms with van der Waals surface area (Å²) in [5, 5.41) is 2.77. The third-order valence-corrected chi connectivity index (χ3v) is 4.16. The molecule has 0 atom stereocenters. The molecule has 1 aromatic carbocycles. The Morgan fingerprint density at radius 3 is 2.74 bits per heavy atom. The number of para-hydroxylation sites is 1. The molecule has 1 N–H and O–H groups in total. The molecule has 1 aliphatic rings. The van der Waals surface area contributed by atoms with Gasteiger partial charge in [0.25, 0.3) is 5.91 Å². The van der Waals surface area contributed by atoms with Crippen LogP contribution in [0.3, 0.4) is 0 Å². The number of alkyl halides is 2. The Kier molecular flexibility index (Phi) is 6.77. The van der Waals surface area contributed by atoms with Crippen LogP contribution in [0.1, 0.15) is 36.5 Å². The Morgan fingerprint density at radius 2 is 2.04 bits per heavy atom. The van der Waals surface area contributed by atoms with E-state index in [2.05, 4.69) is 21.9 Å². The first-order chi connectivity index (χ1) is 11.1. The molecule has 1 aromatic rings. The number of likely N-dealkylation sites (tertiary alicyclic amines) is 1. The van der Waals surface area contributed by atoms with Gasteiger partial charge in [-0.15, -0.1) is 0 Å². The molecule has 1 saturated heterocycles. The molecule has 0 aromatic heterocycles. The number of benzene rings is 1. The van der Waals surface area contributed by atoms with Crippen molar-refractivity contribution in [3.05, 3.63) is 29.8 Å². The highest BCUT2D eigenvalue weighted by Crippen LogP contribution is 2.20. The van der Waals surface area contributed by atoms with Crippen LogP contribution in [0, 0.1) is 5.92 Å². The zero-order valence-electron chi connectivity index (χ0n) is 13.4. The van der Waals surface area contributed by atoms with E-state index in [9.17, 15) is 13.6 Å². The second-order valence-electron chi connectivity index (χ2n) is 6.01. The molecule has 1 amide bonds. The van der Waals surface area contributed by atoms with Crippen molar-refractivity contribution in [2.75, 3.05) is 26.2 Å². The lowest BCUT2D eigenvalue weighted by Gasteiger charge is -2.30. The van der Waals surface area contributed by atoms with E-state index in [1.165, 1.54) is 25.0 Å². The van der Waals surface area contributed by atoms with E-state index in [-0.39, 0.29) is 17.2 Å². The first kappa shape index (κ1) is 17.7. The molecular formula is C17H24F2N2O2. The fourth-order valence-electron chi connectivity index (χ4n) is 2.74. The van der Waals surface area contributed by atoms with Crippen LogP contribution in [0.25, 0.3) is 0 Å². The van der Waals surface area contributed by atoms with Crippen molar-refractivity contribution < 1.29 is 18.3 Å². The molecule has 0 unspecified atom stereocenters. The van der Waals surface area contributed by atoms with Gasteiger partial charge in [0, 0.05) is 6.54 Å². The highest BCUT2D eigenvalue weighted by atomic mass is 19.3. The van der Waals surface area contributed by atoms with Gasteiger partial charge in [0.2, 0.25) is 0 Å². The third-order valence-electron chi connectivity index (χ3n) is 4.16. The third kappa shape index (κ3) is 5.78. The summed E-state index contributed by atoms with van der Waals surface area (Å²) in [4.78, 5) is 14.5. The summed E-state index contributed by atoms with van der Waals surface area (Å²) in [6.45, 7) is 3.03. The maximum absolute atomic E-state index is 12.3. The number of hydrogen-bond donors (Lipinski definition) is 1. The van der Waals surface area contributed by atoms with E-state index in [1.807, 2.05) is 0 Å². The van der Waals surface area contributed by atoms with Gasteiger partial charge in [-0.1, -0.05) is 19.1 Å². The van der Waals surface area contributed by atoms with Crippen molar-refractivity contribution in [2.24, 2.45) is 5.92 Å². The predicted octanol–water partition coefficient (Wildman–Crippen LogP) is 3.14. The highest BCUT2D eigenvalue weighted by Gasteiger charge is 2.16. The number of amides is 1. The molecule has 1 aliphatic heterocycles. The number of carbonyl (C=O) groups excluding carboxylic acids is 1. The second-order valence-corrected chi connectivity index (χ2v) is 6.01. The van der Waals surface area contributed by atoms with Gasteiger partial charge in [0.05, 0.1) is 5.56 Å². The van der Waals surface area contributed by atoms with Gasteiger partial charge in [-0.3, -0.25) is 4.79 Å². The number of nitrogens with zero attached hydrogens (tertiary/aromatic N) is 1. The van der Waals surface area contributed by atoms with Crippen LogP contribution in [-0.2, 0) is 0 Å². The van der Waals surface area contributed by atoms with Gasteiger partial charge in [0.1, 0.15) is 5.75 Å². The Bertz CT molecular complexity index is 503. The minimum atomic E-state index is -2.94.